The number of carbonyl (C=O) groups is 1. The Balaban J connectivity index is 1.69. The standard InChI is InChI=1S/C25H26N2O7S/c1-4-14-33-21-13-11-19(16-24(21)32-3)25(28)27-26-17-18-10-12-22(23(15-18)31-2)34-35(29,30)20-8-6-5-7-9-20/h5-13,15-17H,4,14H2,1-3H3,(H,27,28)/b26-17+. The van der Waals surface area contributed by atoms with Gasteiger partial charge in [0.15, 0.2) is 23.0 Å². The molecule has 0 aliphatic carbocycles. The minimum absolute atomic E-state index is 0.0232. The fourth-order valence-corrected chi connectivity index (χ4v) is 3.92. The van der Waals surface area contributed by atoms with E-state index < -0.39 is 16.0 Å². The van der Waals surface area contributed by atoms with E-state index >= 15 is 0 Å². The predicted octanol–water partition coefficient (Wildman–Crippen LogP) is 4.02. The Morgan fingerprint density at radius 3 is 2.29 bits per heavy atom. The molecule has 0 fully saturated rings. The maximum Gasteiger partial charge on any atom is 0.339 e. The summed E-state index contributed by atoms with van der Waals surface area (Å²) >= 11 is 0. The van der Waals surface area contributed by atoms with E-state index in [-0.39, 0.29) is 16.4 Å². The third kappa shape index (κ3) is 6.73. The summed E-state index contributed by atoms with van der Waals surface area (Å²) in [5.74, 6) is 0.767. The number of amides is 1. The zero-order chi connectivity index (χ0) is 25.3. The van der Waals surface area contributed by atoms with Crippen LogP contribution in [0.3, 0.4) is 0 Å². The van der Waals surface area contributed by atoms with Gasteiger partial charge in [-0.15, -0.1) is 0 Å². The second kappa shape index (κ2) is 11.9. The minimum atomic E-state index is -4.02. The van der Waals surface area contributed by atoms with Crippen molar-refractivity contribution in [1.29, 1.82) is 0 Å². The van der Waals surface area contributed by atoms with Gasteiger partial charge in [-0.1, -0.05) is 25.1 Å². The molecule has 0 saturated carbocycles. The number of benzene rings is 3. The zero-order valence-corrected chi connectivity index (χ0v) is 20.4. The summed E-state index contributed by atoms with van der Waals surface area (Å²) < 4.78 is 46.4. The third-order valence-corrected chi connectivity index (χ3v) is 5.93. The molecule has 3 aromatic rings. The van der Waals surface area contributed by atoms with Gasteiger partial charge in [-0.3, -0.25) is 4.79 Å². The topological polar surface area (TPSA) is 113 Å². The van der Waals surface area contributed by atoms with Gasteiger partial charge in [0.25, 0.3) is 5.91 Å². The first kappa shape index (κ1) is 25.6. The van der Waals surface area contributed by atoms with E-state index in [2.05, 4.69) is 10.5 Å². The summed E-state index contributed by atoms with van der Waals surface area (Å²) in [5.41, 5.74) is 3.33. The van der Waals surface area contributed by atoms with Crippen molar-refractivity contribution in [3.8, 4) is 23.0 Å². The lowest BCUT2D eigenvalue weighted by Crippen LogP contribution is -2.17. The Labute approximate surface area is 204 Å². The molecule has 9 nitrogen and oxygen atoms in total. The first-order valence-corrected chi connectivity index (χ1v) is 12.1. The van der Waals surface area contributed by atoms with Gasteiger partial charge in [-0.05, 0) is 60.5 Å². The van der Waals surface area contributed by atoms with E-state index in [1.807, 2.05) is 6.92 Å². The highest BCUT2D eigenvalue weighted by Gasteiger charge is 2.19. The average Bonchev–Trinajstić information content (AvgIpc) is 2.88. The molecule has 3 rings (SSSR count). The van der Waals surface area contributed by atoms with E-state index in [4.69, 9.17) is 18.4 Å². The number of carbonyl (C=O) groups excluding carboxylic acids is 1. The van der Waals surface area contributed by atoms with Crippen LogP contribution in [0.25, 0.3) is 0 Å². The molecule has 0 bridgehead atoms. The minimum Gasteiger partial charge on any atom is -0.493 e. The van der Waals surface area contributed by atoms with Crippen LogP contribution in [0.5, 0.6) is 23.0 Å². The second-order valence-corrected chi connectivity index (χ2v) is 8.72. The van der Waals surface area contributed by atoms with Crippen LogP contribution < -0.4 is 23.8 Å². The van der Waals surface area contributed by atoms with Crippen LogP contribution in [0.4, 0.5) is 0 Å². The van der Waals surface area contributed by atoms with E-state index in [0.717, 1.165) is 6.42 Å². The molecule has 10 heteroatoms. The molecular weight excluding hydrogens is 472 g/mol. The third-order valence-electron chi connectivity index (χ3n) is 4.69. The van der Waals surface area contributed by atoms with Crippen molar-refractivity contribution in [3.05, 3.63) is 77.9 Å². The summed E-state index contributed by atoms with van der Waals surface area (Å²) in [5, 5.41) is 3.96. The van der Waals surface area contributed by atoms with Crippen molar-refractivity contribution >= 4 is 22.2 Å². The van der Waals surface area contributed by atoms with Gasteiger partial charge >= 0.3 is 10.1 Å². The summed E-state index contributed by atoms with van der Waals surface area (Å²) in [7, 11) is -1.13. The summed E-state index contributed by atoms with van der Waals surface area (Å²) in [4.78, 5) is 12.5. The summed E-state index contributed by atoms with van der Waals surface area (Å²) in [6, 6.07) is 17.2. The molecule has 184 valence electrons. The smallest absolute Gasteiger partial charge is 0.339 e. The lowest BCUT2D eigenvalue weighted by atomic mass is 10.2. The molecule has 35 heavy (non-hydrogen) atoms. The fraction of sp³-hybridized carbons (Fsp3) is 0.200. The Morgan fingerprint density at radius 1 is 0.914 bits per heavy atom. The van der Waals surface area contributed by atoms with Crippen LogP contribution in [0.2, 0.25) is 0 Å². The highest BCUT2D eigenvalue weighted by molar-refractivity contribution is 7.87. The van der Waals surface area contributed by atoms with Gasteiger partial charge in [-0.25, -0.2) is 5.43 Å². The molecule has 0 radical (unpaired) electrons. The van der Waals surface area contributed by atoms with Crippen molar-refractivity contribution in [2.75, 3.05) is 20.8 Å². The van der Waals surface area contributed by atoms with Crippen LogP contribution in [0.1, 0.15) is 29.3 Å². The molecule has 0 unspecified atom stereocenters. The normalized spacial score (nSPS) is 11.2. The lowest BCUT2D eigenvalue weighted by Gasteiger charge is -2.11. The van der Waals surface area contributed by atoms with E-state index in [9.17, 15) is 13.2 Å². The quantitative estimate of drug-likeness (QED) is 0.241. The number of ether oxygens (including phenoxy) is 3. The number of hydrazone groups is 1. The second-order valence-electron chi connectivity index (χ2n) is 7.17. The van der Waals surface area contributed by atoms with E-state index in [1.165, 1.54) is 44.7 Å². The number of rotatable bonds is 11. The monoisotopic (exact) mass is 498 g/mol. The molecule has 0 aliphatic heterocycles. The molecule has 0 aliphatic rings. The van der Waals surface area contributed by atoms with Crippen LogP contribution in [-0.2, 0) is 10.1 Å². The van der Waals surface area contributed by atoms with Crippen molar-refractivity contribution in [2.45, 2.75) is 18.2 Å². The summed E-state index contributed by atoms with van der Waals surface area (Å²) in [6.07, 6.45) is 2.24. The Hall–Kier alpha value is -4.05. The molecule has 1 N–H and O–H groups in total. The Bertz CT molecular complexity index is 1290. The van der Waals surface area contributed by atoms with Gasteiger partial charge in [-0.2, -0.15) is 13.5 Å². The summed E-state index contributed by atoms with van der Waals surface area (Å²) in [6.45, 7) is 2.53. The highest BCUT2D eigenvalue weighted by atomic mass is 32.2. The van der Waals surface area contributed by atoms with Gasteiger partial charge in [0.1, 0.15) is 4.90 Å². The van der Waals surface area contributed by atoms with E-state index in [0.29, 0.717) is 29.2 Å². The Kier molecular flexibility index (Phi) is 8.69. The molecule has 0 heterocycles. The fourth-order valence-electron chi connectivity index (χ4n) is 2.96. The molecule has 0 atom stereocenters. The molecular formula is C25H26N2O7S. The largest absolute Gasteiger partial charge is 0.493 e. The van der Waals surface area contributed by atoms with Crippen LogP contribution >= 0.6 is 0 Å². The highest BCUT2D eigenvalue weighted by Crippen LogP contribution is 2.31. The zero-order valence-electron chi connectivity index (χ0n) is 19.6. The number of nitrogens with zero attached hydrogens (tertiary/aromatic N) is 1. The molecule has 3 aromatic carbocycles. The number of hydrogen-bond donors (Lipinski definition) is 1. The lowest BCUT2D eigenvalue weighted by molar-refractivity contribution is 0.0954. The SMILES string of the molecule is CCCOc1ccc(C(=O)N/N=C/c2ccc(OS(=O)(=O)c3ccccc3)c(OC)c2)cc1OC. The van der Waals surface area contributed by atoms with Gasteiger partial charge in [0.05, 0.1) is 27.0 Å². The molecule has 1 amide bonds. The Morgan fingerprint density at radius 2 is 1.60 bits per heavy atom. The van der Waals surface area contributed by atoms with Crippen molar-refractivity contribution in [3.63, 3.8) is 0 Å². The maximum atomic E-state index is 12.5. The van der Waals surface area contributed by atoms with Crippen molar-refractivity contribution in [1.82, 2.24) is 5.43 Å². The first-order chi connectivity index (χ1) is 16.9. The number of hydrogen-bond acceptors (Lipinski definition) is 8. The average molecular weight is 499 g/mol. The molecule has 0 aromatic heterocycles. The van der Waals surface area contributed by atoms with Crippen LogP contribution in [0, 0.1) is 0 Å². The van der Waals surface area contributed by atoms with Crippen LogP contribution in [0.15, 0.2) is 76.7 Å². The number of nitrogens with one attached hydrogen (secondary N) is 1. The predicted molar refractivity (Wildman–Crippen MR) is 131 cm³/mol. The van der Waals surface area contributed by atoms with Crippen LogP contribution in [-0.4, -0.2) is 41.4 Å². The van der Waals surface area contributed by atoms with Gasteiger partial charge in [0.2, 0.25) is 0 Å². The number of methoxy groups -OCH3 is 2. The van der Waals surface area contributed by atoms with Crippen molar-refractivity contribution < 1.29 is 31.6 Å². The maximum absolute atomic E-state index is 12.5. The van der Waals surface area contributed by atoms with Gasteiger partial charge < -0.3 is 18.4 Å². The van der Waals surface area contributed by atoms with E-state index in [1.54, 1.807) is 42.5 Å². The molecule has 0 spiro atoms. The first-order valence-electron chi connectivity index (χ1n) is 10.7. The molecule has 0 saturated heterocycles. The van der Waals surface area contributed by atoms with Gasteiger partial charge in [0, 0.05) is 5.56 Å². The van der Waals surface area contributed by atoms with Crippen molar-refractivity contribution in [2.24, 2.45) is 5.10 Å².